The second kappa shape index (κ2) is 23.8. The molecule has 0 aromatic rings. The van der Waals surface area contributed by atoms with Gasteiger partial charge in [0.25, 0.3) is 0 Å². The van der Waals surface area contributed by atoms with Gasteiger partial charge < -0.3 is 9.47 Å². The summed E-state index contributed by atoms with van der Waals surface area (Å²) in [6.07, 6.45) is 19.8. The first-order chi connectivity index (χ1) is 16.0. The minimum absolute atomic E-state index is 0.0210. The number of thiol groups is 1. The first-order valence-electron chi connectivity index (χ1n) is 13.7. The van der Waals surface area contributed by atoms with E-state index in [9.17, 15) is 9.59 Å². The quantitative estimate of drug-likeness (QED) is 0.0807. The van der Waals surface area contributed by atoms with Gasteiger partial charge in [-0.3, -0.25) is 9.59 Å². The van der Waals surface area contributed by atoms with Gasteiger partial charge in [-0.1, -0.05) is 13.3 Å². The predicted octanol–water partition coefficient (Wildman–Crippen LogP) is 7.97. The summed E-state index contributed by atoms with van der Waals surface area (Å²) in [5, 5.41) is -0.705. The number of hydrogen-bond acceptors (Lipinski definition) is 5. The number of unbranched alkanes of at least 4 members (excludes halogenated alkanes) is 11. The van der Waals surface area contributed by atoms with E-state index in [1.807, 2.05) is 0 Å². The number of esters is 2. The van der Waals surface area contributed by atoms with E-state index in [1.54, 1.807) is 28.6 Å². The Kier molecular flexibility index (Phi) is 23.9. The molecule has 1 aliphatic heterocycles. The molecule has 1 heterocycles. The first kappa shape index (κ1) is 33.1. The van der Waals surface area contributed by atoms with Crippen LogP contribution < -0.4 is 0 Å². The fraction of sp³-hybridized carbons (Fsp3) is 0.926. The molecule has 1 fully saturated rings. The first-order valence-corrected chi connectivity index (χ1v) is 18.3. The van der Waals surface area contributed by atoms with Gasteiger partial charge in [0.05, 0.1) is 6.42 Å². The van der Waals surface area contributed by atoms with Crippen LogP contribution in [0.4, 0.5) is 0 Å². The average Bonchev–Trinajstić information content (AvgIpc) is 2.79. The minimum atomic E-state index is -0.705. The van der Waals surface area contributed by atoms with Crippen LogP contribution in [-0.2, 0) is 19.1 Å². The molecule has 1 saturated heterocycles. The Hall–Kier alpha value is 0.0887. The summed E-state index contributed by atoms with van der Waals surface area (Å²) in [5.74, 6) is -0.807. The van der Waals surface area contributed by atoms with Gasteiger partial charge in [-0.2, -0.15) is 12.6 Å². The van der Waals surface area contributed by atoms with Crippen LogP contribution in [0.3, 0.4) is 0 Å². The maximum absolute atomic E-state index is 11.5. The van der Waals surface area contributed by atoms with E-state index < -0.39 is 11.2 Å². The summed E-state index contributed by atoms with van der Waals surface area (Å²) in [6.45, 7) is 8.41. The Morgan fingerprint density at radius 3 is 1.76 bits per heavy atom. The molecule has 4 nitrogen and oxygen atoms in total. The number of hydrogen-bond donors (Lipinski definition) is 1. The summed E-state index contributed by atoms with van der Waals surface area (Å²) in [4.78, 5) is 22.9. The van der Waals surface area contributed by atoms with Crippen LogP contribution in [0.5, 0.6) is 0 Å². The van der Waals surface area contributed by atoms with Crippen molar-refractivity contribution in [1.82, 2.24) is 0 Å². The Morgan fingerprint density at radius 2 is 1.24 bits per heavy atom. The van der Waals surface area contributed by atoms with Crippen molar-refractivity contribution < 1.29 is 19.1 Å². The van der Waals surface area contributed by atoms with Crippen LogP contribution in [0.15, 0.2) is 0 Å². The molecule has 0 aliphatic carbocycles. The zero-order valence-electron chi connectivity index (χ0n) is 22.0. The van der Waals surface area contributed by atoms with Gasteiger partial charge in [-0.15, -0.1) is 0 Å². The van der Waals surface area contributed by atoms with E-state index in [0.717, 1.165) is 19.3 Å². The number of rotatable bonds is 17. The van der Waals surface area contributed by atoms with E-state index in [-0.39, 0.29) is 45.7 Å². The maximum atomic E-state index is 11.5. The second-order valence-corrected chi connectivity index (χ2v) is 14.2. The summed E-state index contributed by atoms with van der Waals surface area (Å²) < 4.78 is 13.7. The monoisotopic (exact) mass is 592 g/mol. The molecular weight excluding hydrogens is 539 g/mol. The van der Waals surface area contributed by atoms with E-state index in [2.05, 4.69) is 33.4 Å². The molecular formula is C27H52O4SSn. The van der Waals surface area contributed by atoms with Gasteiger partial charge in [-0.25, -0.2) is 0 Å². The molecule has 1 aliphatic rings. The Morgan fingerprint density at radius 1 is 0.758 bits per heavy atom. The van der Waals surface area contributed by atoms with E-state index in [0.29, 0.717) is 0 Å². The van der Waals surface area contributed by atoms with Crippen molar-refractivity contribution in [2.24, 2.45) is 0 Å². The molecule has 0 spiro atoms. The Balaban J connectivity index is 0.000000621. The Bertz CT molecular complexity index is 461. The van der Waals surface area contributed by atoms with Crippen molar-refractivity contribution >= 4 is 45.7 Å². The van der Waals surface area contributed by atoms with Crippen molar-refractivity contribution in [3.05, 3.63) is 0 Å². The average molecular weight is 591 g/mol. The van der Waals surface area contributed by atoms with E-state index >= 15 is 0 Å². The summed E-state index contributed by atoms with van der Waals surface area (Å²) in [7, 11) is 0. The predicted molar refractivity (Wildman–Crippen MR) is 144 cm³/mol. The molecule has 33 heavy (non-hydrogen) atoms. The molecule has 6 heteroatoms. The molecule has 0 amide bonds. The summed E-state index contributed by atoms with van der Waals surface area (Å²) in [5.41, 5.74) is 0. The van der Waals surface area contributed by atoms with E-state index in [4.69, 9.17) is 9.47 Å². The van der Waals surface area contributed by atoms with Gasteiger partial charge in [0.2, 0.25) is 0 Å². The molecule has 2 radical (unpaired) electrons. The molecule has 0 bridgehead atoms. The molecule has 0 aromatic heterocycles. The summed E-state index contributed by atoms with van der Waals surface area (Å²) in [6, 6.07) is 0. The third kappa shape index (κ3) is 20.0. The van der Waals surface area contributed by atoms with Crippen LogP contribution in [0.25, 0.3) is 0 Å². The molecule has 3 atom stereocenters. The SMILES string of the molecule is CCCCC1OC(=O)C(S)CC(=O)OC1C.CCCCCCC[CH2][Sn][CH2]CCCCCCC. The fourth-order valence-electron chi connectivity index (χ4n) is 3.78. The second-order valence-electron chi connectivity index (χ2n) is 9.32. The normalized spacial score (nSPS) is 20.8. The number of carbonyl (C=O) groups excluding carboxylic acids is 2. The molecule has 0 N–H and O–H groups in total. The van der Waals surface area contributed by atoms with Crippen molar-refractivity contribution in [3.8, 4) is 0 Å². The molecule has 194 valence electrons. The van der Waals surface area contributed by atoms with E-state index in [1.165, 1.54) is 64.2 Å². The molecule has 1 rings (SSSR count). The van der Waals surface area contributed by atoms with Crippen molar-refractivity contribution in [1.29, 1.82) is 0 Å². The van der Waals surface area contributed by atoms with Crippen LogP contribution in [-0.4, -0.2) is 50.5 Å². The third-order valence-corrected chi connectivity index (χ3v) is 10.4. The van der Waals surface area contributed by atoms with Crippen LogP contribution in [0, 0.1) is 0 Å². The summed E-state index contributed by atoms with van der Waals surface area (Å²) >= 11 is 4.09. The van der Waals surface area contributed by atoms with Crippen molar-refractivity contribution in [2.45, 2.75) is 157 Å². The van der Waals surface area contributed by atoms with Crippen LogP contribution in [0.2, 0.25) is 8.87 Å². The number of carbonyl (C=O) groups is 2. The van der Waals surface area contributed by atoms with Gasteiger partial charge in [-0.05, 0) is 19.8 Å². The van der Waals surface area contributed by atoms with Gasteiger partial charge >= 0.3 is 133 Å². The van der Waals surface area contributed by atoms with Gasteiger partial charge in [0, 0.05) is 0 Å². The molecule has 0 saturated carbocycles. The van der Waals surface area contributed by atoms with Crippen LogP contribution >= 0.6 is 12.6 Å². The van der Waals surface area contributed by atoms with Crippen LogP contribution in [0.1, 0.15) is 130 Å². The zero-order chi connectivity index (χ0) is 24.7. The number of ether oxygens (including phenoxy) is 2. The Labute approximate surface area is 220 Å². The molecule has 3 unspecified atom stereocenters. The molecule has 0 aromatic carbocycles. The van der Waals surface area contributed by atoms with Crippen molar-refractivity contribution in [3.63, 3.8) is 0 Å². The number of cyclic esters (lactones) is 2. The third-order valence-electron chi connectivity index (χ3n) is 6.00. The van der Waals surface area contributed by atoms with Gasteiger partial charge in [0.1, 0.15) is 17.5 Å². The van der Waals surface area contributed by atoms with Crippen molar-refractivity contribution in [2.75, 3.05) is 0 Å². The van der Waals surface area contributed by atoms with Gasteiger partial charge in [0.15, 0.2) is 0 Å². The zero-order valence-corrected chi connectivity index (χ0v) is 25.8. The standard InChI is InChI=1S/C11H18O4S.2C8H17.Sn/c1-3-4-5-8-7(2)14-10(12)6-9(16)11(13)15-8;2*1-3-5-7-8-6-4-2;/h7-9,16H,3-6H2,1-2H3;2*1,3-8H2,2H3;. The fourth-order valence-corrected chi connectivity index (χ4v) is 7.56. The topological polar surface area (TPSA) is 52.6 Å².